The maximum atomic E-state index is 12.5. The van der Waals surface area contributed by atoms with Crippen molar-refractivity contribution >= 4 is 17.8 Å². The van der Waals surface area contributed by atoms with Crippen molar-refractivity contribution in [1.29, 1.82) is 0 Å². The fourth-order valence-electron chi connectivity index (χ4n) is 2.89. The first-order chi connectivity index (χ1) is 12.5. The molecule has 1 aromatic carbocycles. The Bertz CT molecular complexity index is 639. The smallest absolute Gasteiger partial charge is 0.305 e. The van der Waals surface area contributed by atoms with Crippen molar-refractivity contribution in [3.63, 3.8) is 0 Å². The van der Waals surface area contributed by atoms with Crippen LogP contribution >= 0.6 is 0 Å². The summed E-state index contributed by atoms with van der Waals surface area (Å²) >= 11 is 0. The quantitative estimate of drug-likeness (QED) is 0.802. The summed E-state index contributed by atoms with van der Waals surface area (Å²) in [4.78, 5) is 38.7. The molecule has 1 N–H and O–H groups in total. The highest BCUT2D eigenvalue weighted by molar-refractivity contribution is 5.97. The van der Waals surface area contributed by atoms with Crippen LogP contribution in [0.4, 0.5) is 0 Å². The van der Waals surface area contributed by atoms with E-state index in [1.54, 1.807) is 31.3 Å². The molecule has 1 fully saturated rings. The van der Waals surface area contributed by atoms with Crippen LogP contribution in [0.5, 0.6) is 5.75 Å². The summed E-state index contributed by atoms with van der Waals surface area (Å²) in [5, 5.41) is 8.75. The number of para-hydroxylation sites is 1. The number of carbonyl (C=O) groups excluding carboxylic acids is 2. The number of hydrogen-bond acceptors (Lipinski definition) is 4. The van der Waals surface area contributed by atoms with Gasteiger partial charge in [0.05, 0.1) is 12.0 Å². The Kier molecular flexibility index (Phi) is 7.44. The van der Waals surface area contributed by atoms with E-state index >= 15 is 0 Å². The van der Waals surface area contributed by atoms with Gasteiger partial charge in [0.2, 0.25) is 0 Å². The summed E-state index contributed by atoms with van der Waals surface area (Å²) in [6, 6.07) is 6.71. The van der Waals surface area contributed by atoms with E-state index in [4.69, 9.17) is 9.84 Å². The Balaban J connectivity index is 1.98. The average Bonchev–Trinajstić information content (AvgIpc) is 2.93. The molecule has 0 atom stereocenters. The second kappa shape index (κ2) is 9.79. The number of likely N-dealkylation sites (tertiary alicyclic amines) is 1. The molecule has 0 bridgehead atoms. The number of rotatable bonds is 7. The Morgan fingerprint density at radius 3 is 2.42 bits per heavy atom. The molecule has 0 radical (unpaired) electrons. The highest BCUT2D eigenvalue weighted by atomic mass is 16.5. The topological polar surface area (TPSA) is 87.1 Å². The van der Waals surface area contributed by atoms with Gasteiger partial charge in [0.15, 0.2) is 6.61 Å². The number of hydrogen-bond donors (Lipinski definition) is 1. The zero-order chi connectivity index (χ0) is 18.9. The normalized spacial score (nSPS) is 14.4. The summed E-state index contributed by atoms with van der Waals surface area (Å²) < 4.78 is 5.63. The lowest BCUT2D eigenvalue weighted by Crippen LogP contribution is -2.36. The van der Waals surface area contributed by atoms with E-state index in [1.807, 2.05) is 4.90 Å². The third-order valence-corrected chi connectivity index (χ3v) is 4.44. The molecule has 26 heavy (non-hydrogen) atoms. The van der Waals surface area contributed by atoms with E-state index in [-0.39, 0.29) is 31.4 Å². The van der Waals surface area contributed by atoms with E-state index in [9.17, 15) is 14.4 Å². The number of amides is 2. The van der Waals surface area contributed by atoms with Crippen LogP contribution in [0, 0.1) is 0 Å². The van der Waals surface area contributed by atoms with Crippen LogP contribution in [0.25, 0.3) is 0 Å². The summed E-state index contributed by atoms with van der Waals surface area (Å²) in [6.07, 6.45) is 4.18. The van der Waals surface area contributed by atoms with Crippen LogP contribution in [-0.4, -0.2) is 66.0 Å². The fraction of sp³-hybridized carbons (Fsp3) is 0.526. The van der Waals surface area contributed by atoms with Crippen molar-refractivity contribution in [3.8, 4) is 5.75 Å². The predicted octanol–water partition coefficient (Wildman–Crippen LogP) is 2.01. The zero-order valence-corrected chi connectivity index (χ0v) is 15.1. The molecule has 0 aromatic heterocycles. The van der Waals surface area contributed by atoms with Crippen LogP contribution in [0.1, 0.15) is 42.5 Å². The van der Waals surface area contributed by atoms with Crippen LogP contribution in [0.15, 0.2) is 24.3 Å². The molecule has 2 rings (SSSR count). The summed E-state index contributed by atoms with van der Waals surface area (Å²) in [7, 11) is 1.55. The molecule has 1 aromatic rings. The van der Waals surface area contributed by atoms with Crippen molar-refractivity contribution in [2.75, 3.05) is 33.3 Å². The highest BCUT2D eigenvalue weighted by Gasteiger charge is 2.20. The monoisotopic (exact) mass is 362 g/mol. The highest BCUT2D eigenvalue weighted by Crippen LogP contribution is 2.20. The van der Waals surface area contributed by atoms with E-state index < -0.39 is 5.97 Å². The van der Waals surface area contributed by atoms with Gasteiger partial charge in [-0.15, -0.1) is 0 Å². The summed E-state index contributed by atoms with van der Waals surface area (Å²) in [6.45, 7) is 1.50. The van der Waals surface area contributed by atoms with Gasteiger partial charge in [-0.3, -0.25) is 14.4 Å². The number of carbonyl (C=O) groups is 3. The first-order valence-electron chi connectivity index (χ1n) is 8.96. The number of nitrogens with zero attached hydrogens (tertiary/aromatic N) is 2. The number of aliphatic carboxylic acids is 1. The second-order valence-electron chi connectivity index (χ2n) is 6.45. The lowest BCUT2D eigenvalue weighted by molar-refractivity contribution is -0.137. The van der Waals surface area contributed by atoms with Gasteiger partial charge in [-0.25, -0.2) is 0 Å². The third kappa shape index (κ3) is 5.75. The van der Waals surface area contributed by atoms with E-state index in [1.165, 1.54) is 4.90 Å². The minimum atomic E-state index is -0.961. The lowest BCUT2D eigenvalue weighted by atomic mass is 10.1. The molecule has 1 aliphatic heterocycles. The van der Waals surface area contributed by atoms with E-state index in [2.05, 4.69) is 0 Å². The predicted molar refractivity (Wildman–Crippen MR) is 96.2 cm³/mol. The maximum Gasteiger partial charge on any atom is 0.305 e. The molecule has 2 amide bonds. The van der Waals surface area contributed by atoms with Gasteiger partial charge in [0.25, 0.3) is 11.8 Å². The Morgan fingerprint density at radius 1 is 1.12 bits per heavy atom. The molecule has 1 aliphatic rings. The van der Waals surface area contributed by atoms with Gasteiger partial charge in [0.1, 0.15) is 5.75 Å². The minimum absolute atomic E-state index is 0.0756. The number of ether oxygens (including phenoxy) is 1. The van der Waals surface area contributed by atoms with Gasteiger partial charge >= 0.3 is 5.97 Å². The van der Waals surface area contributed by atoms with Crippen molar-refractivity contribution in [2.45, 2.75) is 32.1 Å². The largest absolute Gasteiger partial charge is 0.483 e. The molecular weight excluding hydrogens is 336 g/mol. The molecule has 1 saturated heterocycles. The summed E-state index contributed by atoms with van der Waals surface area (Å²) in [5.41, 5.74) is 0.323. The molecule has 0 saturated carbocycles. The molecular formula is C19H26N2O5. The SMILES string of the molecule is CN(CCC(=O)O)C(=O)c1ccccc1OCC(=O)N1CCCCCC1. The van der Waals surface area contributed by atoms with Crippen LogP contribution in [0.2, 0.25) is 0 Å². The Morgan fingerprint density at radius 2 is 1.77 bits per heavy atom. The summed E-state index contributed by atoms with van der Waals surface area (Å²) in [5.74, 6) is -1.03. The minimum Gasteiger partial charge on any atom is -0.483 e. The average molecular weight is 362 g/mol. The van der Waals surface area contributed by atoms with Crippen LogP contribution < -0.4 is 4.74 Å². The molecule has 7 heteroatoms. The van der Waals surface area contributed by atoms with Crippen LogP contribution in [-0.2, 0) is 9.59 Å². The molecule has 7 nitrogen and oxygen atoms in total. The molecule has 0 unspecified atom stereocenters. The van der Waals surface area contributed by atoms with Gasteiger partial charge in [-0.05, 0) is 25.0 Å². The van der Waals surface area contributed by atoms with Crippen molar-refractivity contribution < 1.29 is 24.2 Å². The van der Waals surface area contributed by atoms with Crippen molar-refractivity contribution in [1.82, 2.24) is 9.80 Å². The molecule has 1 heterocycles. The Hall–Kier alpha value is -2.57. The lowest BCUT2D eigenvalue weighted by Gasteiger charge is -2.21. The first-order valence-corrected chi connectivity index (χ1v) is 8.96. The molecule has 0 spiro atoms. The molecule has 0 aliphatic carbocycles. The van der Waals surface area contributed by atoms with Gasteiger partial charge in [-0.2, -0.15) is 0 Å². The molecule has 142 valence electrons. The van der Waals surface area contributed by atoms with Gasteiger partial charge < -0.3 is 19.6 Å². The van der Waals surface area contributed by atoms with Gasteiger partial charge in [0, 0.05) is 26.7 Å². The maximum absolute atomic E-state index is 12.5. The number of carboxylic acid groups (broad SMARTS) is 1. The van der Waals surface area contributed by atoms with E-state index in [0.29, 0.717) is 11.3 Å². The standard InChI is InChI=1S/C19H26N2O5/c1-20(13-10-18(23)24)19(25)15-8-4-5-9-16(15)26-14-17(22)21-11-6-2-3-7-12-21/h4-5,8-9H,2-3,6-7,10-14H2,1H3,(H,23,24). The van der Waals surface area contributed by atoms with Gasteiger partial charge in [-0.1, -0.05) is 25.0 Å². The fourth-order valence-corrected chi connectivity index (χ4v) is 2.89. The number of benzene rings is 1. The van der Waals surface area contributed by atoms with E-state index in [0.717, 1.165) is 38.8 Å². The van der Waals surface area contributed by atoms with Crippen molar-refractivity contribution in [2.24, 2.45) is 0 Å². The number of carboxylic acids is 1. The third-order valence-electron chi connectivity index (χ3n) is 4.44. The van der Waals surface area contributed by atoms with Crippen LogP contribution in [0.3, 0.4) is 0 Å². The Labute approximate surface area is 153 Å². The van der Waals surface area contributed by atoms with Crippen molar-refractivity contribution in [3.05, 3.63) is 29.8 Å². The first kappa shape index (κ1) is 19.8. The zero-order valence-electron chi connectivity index (χ0n) is 15.1. The second-order valence-corrected chi connectivity index (χ2v) is 6.45.